The lowest BCUT2D eigenvalue weighted by Gasteiger charge is -2.31. The summed E-state index contributed by atoms with van der Waals surface area (Å²) in [6.45, 7) is 2.59. The molecule has 1 saturated heterocycles. The number of carbonyl (C=O) groups excluding carboxylic acids is 1. The minimum absolute atomic E-state index is 0.274. The monoisotopic (exact) mass is 617 g/mol. The Morgan fingerprint density at radius 3 is 2.58 bits per heavy atom. The number of halogens is 3. The number of hydrogen-bond acceptors (Lipinski definition) is 6. The molecule has 5 rings (SSSR count). The number of ether oxygens (including phenoxy) is 1. The number of nitrogens with one attached hydrogen (secondary N) is 2. The minimum atomic E-state index is -4.71. The molecule has 0 bridgehead atoms. The highest BCUT2D eigenvalue weighted by molar-refractivity contribution is 7.89. The molecule has 3 aromatic rings. The van der Waals surface area contributed by atoms with E-state index in [4.69, 9.17) is 4.74 Å². The molecule has 3 N–H and O–H groups in total. The van der Waals surface area contributed by atoms with E-state index in [9.17, 15) is 31.5 Å². The molecule has 3 aromatic carbocycles. The van der Waals surface area contributed by atoms with E-state index in [1.54, 1.807) is 30.3 Å². The zero-order valence-corrected chi connectivity index (χ0v) is 24.2. The number of likely N-dealkylation sites (tertiary alicyclic amines) is 1. The predicted octanol–water partition coefficient (Wildman–Crippen LogP) is 4.71. The standard InChI is InChI=1S/C31H34F3N3O5S/c32-31(33,34)23-8-4-10-25(17-23)43(40,41)36-28(22-6-2-1-3-7-22)18-30(39)35-27-13-15-42-29-16-21(11-12-26(27)29)19-37-14-5-9-24(38)20-37/h1-4,6-8,10-12,16-17,24,27-28,36,38H,5,9,13-15,18-20H2,(H,35,39)/t24-,27-,28?/m1/s1. The van der Waals surface area contributed by atoms with E-state index >= 15 is 0 Å². The first kappa shape index (κ1) is 31.0. The maximum Gasteiger partial charge on any atom is 0.416 e. The summed E-state index contributed by atoms with van der Waals surface area (Å²) in [6, 6.07) is 16.4. The third kappa shape index (κ3) is 7.94. The van der Waals surface area contributed by atoms with Crippen molar-refractivity contribution in [1.29, 1.82) is 0 Å². The molecule has 8 nitrogen and oxygen atoms in total. The van der Waals surface area contributed by atoms with Crippen molar-refractivity contribution in [3.63, 3.8) is 0 Å². The zero-order chi connectivity index (χ0) is 30.6. The van der Waals surface area contributed by atoms with Crippen LogP contribution < -0.4 is 14.8 Å². The van der Waals surface area contributed by atoms with Crippen LogP contribution in [0.25, 0.3) is 0 Å². The van der Waals surface area contributed by atoms with Gasteiger partial charge in [0.15, 0.2) is 0 Å². The van der Waals surface area contributed by atoms with Crippen LogP contribution in [0.5, 0.6) is 5.75 Å². The van der Waals surface area contributed by atoms with Gasteiger partial charge in [0.1, 0.15) is 5.75 Å². The lowest BCUT2D eigenvalue weighted by molar-refractivity contribution is -0.137. The Balaban J connectivity index is 1.30. The molecule has 2 aliphatic heterocycles. The first-order chi connectivity index (χ1) is 20.5. The van der Waals surface area contributed by atoms with E-state index in [-0.39, 0.29) is 18.6 Å². The lowest BCUT2D eigenvalue weighted by atomic mass is 9.97. The Morgan fingerprint density at radius 1 is 1.05 bits per heavy atom. The van der Waals surface area contributed by atoms with Crippen molar-refractivity contribution in [1.82, 2.24) is 14.9 Å². The molecule has 0 aromatic heterocycles. The number of rotatable bonds is 9. The van der Waals surface area contributed by atoms with Crippen LogP contribution in [-0.2, 0) is 27.5 Å². The topological polar surface area (TPSA) is 108 Å². The van der Waals surface area contributed by atoms with Gasteiger partial charge in [-0.15, -0.1) is 0 Å². The highest BCUT2D eigenvalue weighted by Crippen LogP contribution is 2.34. The molecule has 1 amide bonds. The normalized spacial score (nSPS) is 20.1. The molecule has 12 heteroatoms. The number of aliphatic hydroxyl groups excluding tert-OH is 1. The van der Waals surface area contributed by atoms with Gasteiger partial charge in [-0.25, -0.2) is 13.1 Å². The van der Waals surface area contributed by atoms with E-state index in [2.05, 4.69) is 14.9 Å². The van der Waals surface area contributed by atoms with Gasteiger partial charge in [-0.05, 0) is 54.8 Å². The van der Waals surface area contributed by atoms with Gasteiger partial charge < -0.3 is 15.2 Å². The fourth-order valence-electron chi connectivity index (χ4n) is 5.56. The van der Waals surface area contributed by atoms with Crippen molar-refractivity contribution in [2.24, 2.45) is 0 Å². The molecule has 0 aliphatic carbocycles. The maximum atomic E-state index is 13.3. The van der Waals surface area contributed by atoms with Gasteiger partial charge in [-0.3, -0.25) is 9.69 Å². The van der Waals surface area contributed by atoms with E-state index in [1.165, 1.54) is 0 Å². The number of fused-ring (bicyclic) bond motifs is 1. The average molecular weight is 618 g/mol. The van der Waals surface area contributed by atoms with E-state index < -0.39 is 38.6 Å². The van der Waals surface area contributed by atoms with Crippen LogP contribution in [-0.4, -0.2) is 50.1 Å². The SMILES string of the molecule is O=C(CC(NS(=O)(=O)c1cccc(C(F)(F)F)c1)c1ccccc1)N[C@@H]1CCOc2cc(CN3CCC[C@@H](O)C3)ccc21. The van der Waals surface area contributed by atoms with Crippen LogP contribution in [0.4, 0.5) is 13.2 Å². The van der Waals surface area contributed by atoms with Crippen LogP contribution >= 0.6 is 0 Å². The number of β-amino-alcohol motifs (C(OH)–C–C–N with tert-alkyl or cyclic N) is 1. The van der Waals surface area contributed by atoms with Gasteiger partial charge in [-0.1, -0.05) is 48.5 Å². The largest absolute Gasteiger partial charge is 0.493 e. The minimum Gasteiger partial charge on any atom is -0.493 e. The van der Waals surface area contributed by atoms with Crippen molar-refractivity contribution < 1.29 is 36.2 Å². The molecule has 230 valence electrons. The van der Waals surface area contributed by atoms with E-state index in [0.29, 0.717) is 43.5 Å². The molecule has 0 radical (unpaired) electrons. The quantitative estimate of drug-likeness (QED) is 0.321. The second-order valence-corrected chi connectivity index (χ2v) is 12.7. The molecule has 1 unspecified atom stereocenters. The Labute approximate surface area is 248 Å². The van der Waals surface area contributed by atoms with Gasteiger partial charge >= 0.3 is 6.18 Å². The summed E-state index contributed by atoms with van der Waals surface area (Å²) in [5.41, 5.74) is 1.25. The predicted molar refractivity (Wildman–Crippen MR) is 154 cm³/mol. The van der Waals surface area contributed by atoms with Crippen LogP contribution in [0.2, 0.25) is 0 Å². The number of nitrogens with zero attached hydrogens (tertiary/aromatic N) is 1. The van der Waals surface area contributed by atoms with Crippen LogP contribution in [0.1, 0.15) is 60.0 Å². The molecule has 2 heterocycles. The Hall–Kier alpha value is -3.45. The van der Waals surface area contributed by atoms with Crippen molar-refractivity contribution in [3.05, 3.63) is 95.1 Å². The maximum absolute atomic E-state index is 13.3. The Kier molecular flexibility index (Phi) is 9.40. The van der Waals surface area contributed by atoms with Gasteiger partial charge in [-0.2, -0.15) is 13.2 Å². The average Bonchev–Trinajstić information content (AvgIpc) is 2.97. The van der Waals surface area contributed by atoms with Gasteiger partial charge in [0, 0.05) is 31.5 Å². The molecule has 0 spiro atoms. The number of aliphatic hydroxyl groups is 1. The highest BCUT2D eigenvalue weighted by atomic mass is 32.2. The highest BCUT2D eigenvalue weighted by Gasteiger charge is 2.33. The summed E-state index contributed by atoms with van der Waals surface area (Å²) >= 11 is 0. The Bertz CT molecular complexity index is 1540. The molecule has 43 heavy (non-hydrogen) atoms. The summed E-state index contributed by atoms with van der Waals surface area (Å²) in [4.78, 5) is 15.0. The molecule has 0 saturated carbocycles. The summed E-state index contributed by atoms with van der Waals surface area (Å²) in [5.74, 6) is 0.237. The fraction of sp³-hybridized carbons (Fsp3) is 0.387. The van der Waals surface area contributed by atoms with Gasteiger partial charge in [0.05, 0.1) is 35.3 Å². The first-order valence-corrected chi connectivity index (χ1v) is 15.7. The van der Waals surface area contributed by atoms with E-state index in [1.807, 2.05) is 18.2 Å². The number of hydrogen-bond donors (Lipinski definition) is 3. The lowest BCUT2D eigenvalue weighted by Crippen LogP contribution is -2.38. The number of benzene rings is 3. The summed E-state index contributed by atoms with van der Waals surface area (Å²) in [7, 11) is -4.41. The number of carbonyl (C=O) groups is 1. The van der Waals surface area contributed by atoms with Crippen molar-refractivity contribution in [3.8, 4) is 5.75 Å². The summed E-state index contributed by atoms with van der Waals surface area (Å²) < 4.78 is 74.4. The molecular weight excluding hydrogens is 583 g/mol. The number of amides is 1. The number of alkyl halides is 3. The molecule has 1 fully saturated rings. The molecule has 3 atom stereocenters. The molecule has 2 aliphatic rings. The molecular formula is C31H34F3N3O5S. The van der Waals surface area contributed by atoms with Crippen LogP contribution in [0.3, 0.4) is 0 Å². The Morgan fingerprint density at radius 2 is 1.84 bits per heavy atom. The third-order valence-corrected chi connectivity index (χ3v) is 9.17. The summed E-state index contributed by atoms with van der Waals surface area (Å²) in [6.07, 6.45) is -3.04. The smallest absolute Gasteiger partial charge is 0.416 e. The van der Waals surface area contributed by atoms with Gasteiger partial charge in [0.2, 0.25) is 15.9 Å². The van der Waals surface area contributed by atoms with Gasteiger partial charge in [0.25, 0.3) is 0 Å². The fourth-order valence-corrected chi connectivity index (χ4v) is 6.83. The summed E-state index contributed by atoms with van der Waals surface area (Å²) in [5, 5.41) is 13.0. The second kappa shape index (κ2) is 13.0. The first-order valence-electron chi connectivity index (χ1n) is 14.2. The second-order valence-electron chi connectivity index (χ2n) is 11.0. The zero-order valence-electron chi connectivity index (χ0n) is 23.4. The van der Waals surface area contributed by atoms with Crippen LogP contribution in [0, 0.1) is 0 Å². The third-order valence-electron chi connectivity index (χ3n) is 7.70. The number of piperidine rings is 1. The van der Waals surface area contributed by atoms with Crippen molar-refractivity contribution in [2.45, 2.75) is 61.5 Å². The van der Waals surface area contributed by atoms with Crippen LogP contribution in [0.15, 0.2) is 77.7 Å². The van der Waals surface area contributed by atoms with Crippen molar-refractivity contribution >= 4 is 15.9 Å². The van der Waals surface area contributed by atoms with Crippen molar-refractivity contribution in [2.75, 3.05) is 19.7 Å². The van der Waals surface area contributed by atoms with E-state index in [0.717, 1.165) is 48.7 Å². The number of sulfonamides is 1.